The molecule has 59 heavy (non-hydrogen) atoms. The van der Waals surface area contributed by atoms with Crippen molar-refractivity contribution in [2.45, 2.75) is 275 Å². The number of amides is 1. The summed E-state index contributed by atoms with van der Waals surface area (Å²) < 4.78 is 11.2. The zero-order valence-electron chi connectivity index (χ0n) is 38.3. The fourth-order valence-corrected chi connectivity index (χ4v) is 8.05. The first-order valence-corrected chi connectivity index (χ1v) is 24.9. The van der Waals surface area contributed by atoms with Crippen LogP contribution in [0.2, 0.25) is 0 Å². The predicted octanol–water partition coefficient (Wildman–Crippen LogP) is 9.72. The molecule has 0 spiro atoms. The number of ether oxygens (including phenoxy) is 2. The lowest BCUT2D eigenvalue weighted by molar-refractivity contribution is -0.302. The van der Waals surface area contributed by atoms with Crippen LogP contribution in [-0.2, 0) is 14.3 Å². The molecule has 1 fully saturated rings. The largest absolute Gasteiger partial charge is 0.394 e. The van der Waals surface area contributed by atoms with E-state index in [1.165, 1.54) is 154 Å². The highest BCUT2D eigenvalue weighted by Crippen LogP contribution is 2.23. The van der Waals surface area contributed by atoms with Gasteiger partial charge in [-0.25, -0.2) is 0 Å². The van der Waals surface area contributed by atoms with Crippen LogP contribution < -0.4 is 5.32 Å². The van der Waals surface area contributed by atoms with E-state index in [0.29, 0.717) is 6.42 Å². The molecule has 7 N–H and O–H groups in total. The number of hydrogen-bond donors (Lipinski definition) is 7. The number of carbonyl (C=O) groups excluding carboxylic acids is 1. The summed E-state index contributed by atoms with van der Waals surface area (Å²) in [4.78, 5) is 13.1. The summed E-state index contributed by atoms with van der Waals surface area (Å²) in [6.45, 7) is 5.94. The lowest BCUT2D eigenvalue weighted by Crippen LogP contribution is -2.60. The third kappa shape index (κ3) is 29.8. The molecule has 0 aromatic rings. The summed E-state index contributed by atoms with van der Waals surface area (Å²) >= 11 is 0. The topological polar surface area (TPSA) is 169 Å². The van der Waals surface area contributed by atoms with Crippen molar-refractivity contribution < 1.29 is 44.9 Å². The van der Waals surface area contributed by atoms with E-state index in [0.717, 1.165) is 50.9 Å². The number of hydrogen-bond acceptors (Lipinski definition) is 9. The molecule has 10 nitrogen and oxygen atoms in total. The van der Waals surface area contributed by atoms with Crippen molar-refractivity contribution >= 4 is 5.91 Å². The van der Waals surface area contributed by atoms with Crippen LogP contribution in [0.15, 0.2) is 12.2 Å². The summed E-state index contributed by atoms with van der Waals surface area (Å²) in [5.41, 5.74) is 0. The molecule has 8 atom stereocenters. The Morgan fingerprint density at radius 2 is 1.03 bits per heavy atom. The first-order chi connectivity index (χ1) is 28.6. The molecule has 0 aromatic carbocycles. The van der Waals surface area contributed by atoms with Gasteiger partial charge in [0, 0.05) is 0 Å². The number of aliphatic hydroxyl groups is 6. The number of aliphatic hydroxyl groups excluding tert-OH is 6. The first kappa shape index (κ1) is 55.9. The van der Waals surface area contributed by atoms with Crippen LogP contribution in [0.1, 0.15) is 226 Å². The summed E-state index contributed by atoms with van der Waals surface area (Å²) in [7, 11) is 0. The second-order valence-electron chi connectivity index (χ2n) is 18.2. The lowest BCUT2D eigenvalue weighted by atomic mass is 9.99. The summed E-state index contributed by atoms with van der Waals surface area (Å²) in [6, 6.07) is -0.976. The SMILES string of the molecule is CCCCCCCCCCCCCCCCCCCCCC[C@@H](O)C(=O)N[C@@H](CO[C@@H]1O[C@H](CO)[C@@H](O)[C@H](O)[C@H]1O)[C@H](O)/C=C/CCCCCCCCCCCC(C)C. The fraction of sp³-hybridized carbons (Fsp3) is 0.939. The van der Waals surface area contributed by atoms with E-state index >= 15 is 0 Å². The molecule has 1 saturated heterocycles. The Morgan fingerprint density at radius 1 is 0.610 bits per heavy atom. The fourth-order valence-electron chi connectivity index (χ4n) is 8.05. The number of unbranched alkanes of at least 4 members (excludes halogenated alkanes) is 28. The van der Waals surface area contributed by atoms with Crippen molar-refractivity contribution in [3.8, 4) is 0 Å². The van der Waals surface area contributed by atoms with E-state index in [9.17, 15) is 35.4 Å². The maximum Gasteiger partial charge on any atom is 0.249 e. The first-order valence-electron chi connectivity index (χ1n) is 24.9. The molecule has 1 aliphatic heterocycles. The van der Waals surface area contributed by atoms with E-state index in [-0.39, 0.29) is 6.61 Å². The van der Waals surface area contributed by atoms with Gasteiger partial charge >= 0.3 is 0 Å². The smallest absolute Gasteiger partial charge is 0.249 e. The van der Waals surface area contributed by atoms with Gasteiger partial charge in [-0.15, -0.1) is 0 Å². The van der Waals surface area contributed by atoms with Crippen molar-refractivity contribution in [1.29, 1.82) is 0 Å². The zero-order valence-corrected chi connectivity index (χ0v) is 38.3. The van der Waals surface area contributed by atoms with Crippen molar-refractivity contribution in [3.63, 3.8) is 0 Å². The molecule has 1 aliphatic rings. The van der Waals surface area contributed by atoms with Crippen LogP contribution in [0.3, 0.4) is 0 Å². The molecule has 0 aromatic heterocycles. The highest BCUT2D eigenvalue weighted by molar-refractivity contribution is 5.80. The van der Waals surface area contributed by atoms with Gasteiger partial charge in [0.25, 0.3) is 0 Å². The Balaban J connectivity index is 2.34. The highest BCUT2D eigenvalue weighted by Gasteiger charge is 2.44. The van der Waals surface area contributed by atoms with Crippen LogP contribution in [0.5, 0.6) is 0 Å². The van der Waals surface area contributed by atoms with Gasteiger partial charge in [-0.3, -0.25) is 4.79 Å². The average molecular weight is 842 g/mol. The van der Waals surface area contributed by atoms with Gasteiger partial charge in [0.2, 0.25) is 5.91 Å². The van der Waals surface area contributed by atoms with Crippen LogP contribution in [0.25, 0.3) is 0 Å². The Hall–Kier alpha value is -1.11. The van der Waals surface area contributed by atoms with Crippen molar-refractivity contribution in [2.75, 3.05) is 13.2 Å². The van der Waals surface area contributed by atoms with Crippen LogP contribution >= 0.6 is 0 Å². The summed E-state index contributed by atoms with van der Waals surface area (Å²) in [5.74, 6) is 0.179. The molecule has 0 unspecified atom stereocenters. The number of nitrogens with one attached hydrogen (secondary N) is 1. The summed E-state index contributed by atoms with van der Waals surface area (Å²) in [5, 5.41) is 64.8. The van der Waals surface area contributed by atoms with E-state index in [1.54, 1.807) is 6.08 Å². The molecule has 0 bridgehead atoms. The molecule has 1 heterocycles. The molecule has 350 valence electrons. The van der Waals surface area contributed by atoms with E-state index in [2.05, 4.69) is 26.1 Å². The molecule has 0 aliphatic carbocycles. The Kier molecular flexibility index (Phi) is 36.5. The third-order valence-corrected chi connectivity index (χ3v) is 12.1. The number of rotatable bonds is 41. The number of allylic oxidation sites excluding steroid dienone is 1. The zero-order chi connectivity index (χ0) is 43.4. The normalized spacial score (nSPS) is 21.4. The van der Waals surface area contributed by atoms with E-state index < -0.39 is 61.5 Å². The predicted molar refractivity (Wildman–Crippen MR) is 241 cm³/mol. The van der Waals surface area contributed by atoms with Crippen molar-refractivity contribution in [3.05, 3.63) is 12.2 Å². The molecule has 1 amide bonds. The molecule has 10 heteroatoms. The maximum absolute atomic E-state index is 13.1. The van der Waals surface area contributed by atoms with E-state index in [1.807, 2.05) is 6.08 Å². The average Bonchev–Trinajstić information content (AvgIpc) is 3.22. The second-order valence-corrected chi connectivity index (χ2v) is 18.2. The second kappa shape index (κ2) is 38.6. The van der Waals surface area contributed by atoms with Gasteiger partial charge in [-0.05, 0) is 25.2 Å². The van der Waals surface area contributed by atoms with Crippen LogP contribution in [0.4, 0.5) is 0 Å². The van der Waals surface area contributed by atoms with Gasteiger partial charge in [0.05, 0.1) is 25.4 Å². The molecule has 1 rings (SSSR count). The van der Waals surface area contributed by atoms with E-state index in [4.69, 9.17) is 9.47 Å². The van der Waals surface area contributed by atoms with Gasteiger partial charge in [-0.1, -0.05) is 219 Å². The quantitative estimate of drug-likeness (QED) is 0.0234. The summed E-state index contributed by atoms with van der Waals surface area (Å²) in [6.07, 6.45) is 33.1. The maximum atomic E-state index is 13.1. The molecule has 0 saturated carbocycles. The monoisotopic (exact) mass is 842 g/mol. The standard InChI is InChI=1S/C49H95NO9/c1-4-5-6-7-8-9-10-11-12-13-14-15-16-17-18-21-25-28-31-34-37-43(53)48(57)50-41(39-58-49-47(56)46(55)45(54)44(38-51)59-49)42(52)36-33-30-27-24-22-19-20-23-26-29-32-35-40(2)3/h33,36,40-47,49,51-56H,4-32,34-35,37-39H2,1-3H3,(H,50,57)/b36-33+/t41-,42+,43+,44+,45+,46-,47+,49+/m0/s1. The Labute approximate surface area is 361 Å². The van der Waals surface area contributed by atoms with Crippen molar-refractivity contribution in [2.24, 2.45) is 5.92 Å². The minimum absolute atomic E-state index is 0.302. The van der Waals surface area contributed by atoms with Gasteiger partial charge < -0.3 is 45.4 Å². The Bertz CT molecular complexity index is 966. The highest BCUT2D eigenvalue weighted by atomic mass is 16.7. The van der Waals surface area contributed by atoms with Crippen LogP contribution in [-0.4, -0.2) is 98.7 Å². The molecular formula is C49H95NO9. The molecular weight excluding hydrogens is 747 g/mol. The van der Waals surface area contributed by atoms with Crippen molar-refractivity contribution in [1.82, 2.24) is 5.32 Å². The van der Waals surface area contributed by atoms with Gasteiger partial charge in [0.15, 0.2) is 6.29 Å². The number of carbonyl (C=O) groups is 1. The lowest BCUT2D eigenvalue weighted by Gasteiger charge is -2.40. The van der Waals surface area contributed by atoms with Gasteiger partial charge in [0.1, 0.15) is 30.5 Å². The van der Waals surface area contributed by atoms with Gasteiger partial charge in [-0.2, -0.15) is 0 Å². The third-order valence-electron chi connectivity index (χ3n) is 12.1. The Morgan fingerprint density at radius 3 is 1.47 bits per heavy atom. The molecule has 0 radical (unpaired) electrons. The van der Waals surface area contributed by atoms with Crippen LogP contribution in [0, 0.1) is 5.92 Å². The minimum atomic E-state index is -1.61. The minimum Gasteiger partial charge on any atom is -0.394 e.